The Kier molecular flexibility index (Phi) is 3.44. The topological polar surface area (TPSA) is 40.2 Å². The van der Waals surface area contributed by atoms with Gasteiger partial charge in [0, 0.05) is 24.7 Å². The lowest BCUT2D eigenvalue weighted by Crippen LogP contribution is -2.05. The van der Waals surface area contributed by atoms with Crippen LogP contribution in [0.25, 0.3) is 10.9 Å². The van der Waals surface area contributed by atoms with Crippen LogP contribution in [0, 0.1) is 0 Å². The zero-order valence-corrected chi connectivity index (χ0v) is 11.5. The van der Waals surface area contributed by atoms with Crippen molar-refractivity contribution in [3.8, 4) is 5.75 Å². The molecule has 2 aromatic carbocycles. The second kappa shape index (κ2) is 5.39. The summed E-state index contributed by atoms with van der Waals surface area (Å²) in [6.07, 6.45) is 2.10. The molecule has 0 spiro atoms. The molecule has 0 saturated carbocycles. The number of benzene rings is 2. The maximum atomic E-state index is 5.81. The van der Waals surface area contributed by atoms with Crippen LogP contribution in [0.1, 0.15) is 11.1 Å². The molecule has 0 radical (unpaired) electrons. The predicted octanol–water partition coefficient (Wildman–Crippen LogP) is 3.16. The fourth-order valence-corrected chi connectivity index (χ4v) is 2.61. The van der Waals surface area contributed by atoms with E-state index < -0.39 is 0 Å². The SMILES string of the molecule is COc1cccc2c1ccn2Cc1ccccc1CN. The maximum Gasteiger partial charge on any atom is 0.128 e. The molecule has 102 valence electrons. The van der Waals surface area contributed by atoms with E-state index in [2.05, 4.69) is 41.1 Å². The lowest BCUT2D eigenvalue weighted by atomic mass is 10.1. The van der Waals surface area contributed by atoms with Crippen molar-refractivity contribution in [3.05, 3.63) is 65.9 Å². The molecule has 20 heavy (non-hydrogen) atoms. The van der Waals surface area contributed by atoms with Crippen LogP contribution in [0.3, 0.4) is 0 Å². The molecule has 1 aromatic heterocycles. The van der Waals surface area contributed by atoms with Gasteiger partial charge in [0.2, 0.25) is 0 Å². The summed E-state index contributed by atoms with van der Waals surface area (Å²) in [5.41, 5.74) is 9.44. The number of nitrogens with two attached hydrogens (primary N) is 1. The Balaban J connectivity index is 2.03. The fraction of sp³-hybridized carbons (Fsp3) is 0.176. The molecule has 3 nitrogen and oxygen atoms in total. The van der Waals surface area contributed by atoms with Crippen molar-refractivity contribution >= 4 is 10.9 Å². The Labute approximate surface area is 118 Å². The molecule has 0 unspecified atom stereocenters. The molecule has 0 aliphatic carbocycles. The summed E-state index contributed by atoms with van der Waals surface area (Å²) in [5.74, 6) is 0.911. The van der Waals surface area contributed by atoms with E-state index in [9.17, 15) is 0 Å². The number of rotatable bonds is 4. The number of hydrogen-bond acceptors (Lipinski definition) is 2. The van der Waals surface area contributed by atoms with Gasteiger partial charge < -0.3 is 15.0 Å². The van der Waals surface area contributed by atoms with Crippen LogP contribution in [0.15, 0.2) is 54.7 Å². The van der Waals surface area contributed by atoms with Crippen LogP contribution in [0.2, 0.25) is 0 Å². The van der Waals surface area contributed by atoms with Gasteiger partial charge in [-0.2, -0.15) is 0 Å². The lowest BCUT2D eigenvalue weighted by molar-refractivity contribution is 0.420. The first-order valence-corrected chi connectivity index (χ1v) is 6.72. The molecular formula is C17H18N2O. The van der Waals surface area contributed by atoms with Crippen LogP contribution >= 0.6 is 0 Å². The average molecular weight is 266 g/mol. The Hall–Kier alpha value is -2.26. The third-order valence-corrected chi connectivity index (χ3v) is 3.67. The summed E-state index contributed by atoms with van der Waals surface area (Å²) in [6, 6.07) is 16.5. The maximum absolute atomic E-state index is 5.81. The molecule has 0 bridgehead atoms. The van der Waals surface area contributed by atoms with E-state index >= 15 is 0 Å². The number of aromatic nitrogens is 1. The second-order valence-electron chi connectivity index (χ2n) is 4.81. The summed E-state index contributed by atoms with van der Waals surface area (Å²) >= 11 is 0. The van der Waals surface area contributed by atoms with Crippen molar-refractivity contribution in [2.75, 3.05) is 7.11 Å². The highest BCUT2D eigenvalue weighted by Crippen LogP contribution is 2.27. The monoisotopic (exact) mass is 266 g/mol. The van der Waals surface area contributed by atoms with E-state index in [1.807, 2.05) is 18.2 Å². The Morgan fingerprint density at radius 2 is 1.80 bits per heavy atom. The first-order valence-electron chi connectivity index (χ1n) is 6.72. The van der Waals surface area contributed by atoms with Gasteiger partial charge in [0.25, 0.3) is 0 Å². The number of ether oxygens (including phenoxy) is 1. The molecule has 3 aromatic rings. The second-order valence-corrected chi connectivity index (χ2v) is 4.81. The summed E-state index contributed by atoms with van der Waals surface area (Å²) in [4.78, 5) is 0. The molecule has 2 N–H and O–H groups in total. The zero-order valence-electron chi connectivity index (χ0n) is 11.5. The largest absolute Gasteiger partial charge is 0.496 e. The fourth-order valence-electron chi connectivity index (χ4n) is 2.61. The van der Waals surface area contributed by atoms with Crippen LogP contribution in [0.4, 0.5) is 0 Å². The van der Waals surface area contributed by atoms with E-state index in [0.29, 0.717) is 6.54 Å². The van der Waals surface area contributed by atoms with Crippen molar-refractivity contribution in [1.29, 1.82) is 0 Å². The Morgan fingerprint density at radius 1 is 1.00 bits per heavy atom. The molecule has 3 rings (SSSR count). The highest BCUT2D eigenvalue weighted by Gasteiger charge is 2.07. The van der Waals surface area contributed by atoms with Gasteiger partial charge >= 0.3 is 0 Å². The first-order chi connectivity index (χ1) is 9.83. The third-order valence-electron chi connectivity index (χ3n) is 3.67. The van der Waals surface area contributed by atoms with E-state index in [1.54, 1.807) is 7.11 Å². The van der Waals surface area contributed by atoms with Crippen molar-refractivity contribution in [3.63, 3.8) is 0 Å². The number of nitrogens with zero attached hydrogens (tertiary/aromatic N) is 1. The van der Waals surface area contributed by atoms with Crippen molar-refractivity contribution in [2.24, 2.45) is 5.73 Å². The summed E-state index contributed by atoms with van der Waals surface area (Å²) in [6.45, 7) is 1.39. The normalized spacial score (nSPS) is 10.9. The van der Waals surface area contributed by atoms with E-state index in [1.165, 1.54) is 16.6 Å². The van der Waals surface area contributed by atoms with Crippen molar-refractivity contribution in [1.82, 2.24) is 4.57 Å². The molecule has 0 atom stereocenters. The minimum atomic E-state index is 0.568. The van der Waals surface area contributed by atoms with Gasteiger partial charge in [-0.25, -0.2) is 0 Å². The molecule has 0 saturated heterocycles. The smallest absolute Gasteiger partial charge is 0.128 e. The average Bonchev–Trinajstić information content (AvgIpc) is 2.91. The van der Waals surface area contributed by atoms with Crippen LogP contribution in [0.5, 0.6) is 5.75 Å². The van der Waals surface area contributed by atoms with Gasteiger partial charge in [0.05, 0.1) is 12.6 Å². The molecule has 0 fully saturated rings. The molecule has 3 heteroatoms. The molecule has 1 heterocycles. The molecule has 0 aliphatic heterocycles. The van der Waals surface area contributed by atoms with Gasteiger partial charge in [0.1, 0.15) is 5.75 Å². The highest BCUT2D eigenvalue weighted by atomic mass is 16.5. The standard InChI is InChI=1S/C17H18N2O/c1-20-17-8-4-7-16-15(17)9-10-19(16)12-14-6-3-2-5-13(14)11-18/h2-10H,11-12,18H2,1H3. The summed E-state index contributed by atoms with van der Waals surface area (Å²) < 4.78 is 7.63. The quantitative estimate of drug-likeness (QED) is 0.788. The Morgan fingerprint density at radius 3 is 2.55 bits per heavy atom. The van der Waals surface area contributed by atoms with E-state index in [-0.39, 0.29) is 0 Å². The Bertz CT molecular complexity index is 731. The number of fused-ring (bicyclic) bond motifs is 1. The summed E-state index contributed by atoms with van der Waals surface area (Å²) in [5, 5.41) is 1.14. The predicted molar refractivity (Wildman–Crippen MR) is 81.9 cm³/mol. The van der Waals surface area contributed by atoms with Gasteiger partial charge in [-0.3, -0.25) is 0 Å². The number of methoxy groups -OCH3 is 1. The minimum absolute atomic E-state index is 0.568. The first kappa shape index (κ1) is 12.8. The molecule has 0 aliphatic rings. The van der Waals surface area contributed by atoms with Gasteiger partial charge in [-0.1, -0.05) is 30.3 Å². The van der Waals surface area contributed by atoms with Crippen molar-refractivity contribution in [2.45, 2.75) is 13.1 Å². The van der Waals surface area contributed by atoms with Crippen LogP contribution in [-0.2, 0) is 13.1 Å². The van der Waals surface area contributed by atoms with Gasteiger partial charge in [-0.15, -0.1) is 0 Å². The molecule has 0 amide bonds. The van der Waals surface area contributed by atoms with Crippen LogP contribution in [-0.4, -0.2) is 11.7 Å². The van der Waals surface area contributed by atoms with Crippen LogP contribution < -0.4 is 10.5 Å². The van der Waals surface area contributed by atoms with Crippen molar-refractivity contribution < 1.29 is 4.74 Å². The van der Waals surface area contributed by atoms with E-state index in [0.717, 1.165) is 17.7 Å². The highest BCUT2D eigenvalue weighted by molar-refractivity contribution is 5.86. The van der Waals surface area contributed by atoms with Gasteiger partial charge in [-0.05, 0) is 29.3 Å². The summed E-state index contributed by atoms with van der Waals surface area (Å²) in [7, 11) is 1.70. The third kappa shape index (κ3) is 2.17. The zero-order chi connectivity index (χ0) is 13.9. The minimum Gasteiger partial charge on any atom is -0.496 e. The van der Waals surface area contributed by atoms with E-state index in [4.69, 9.17) is 10.5 Å². The molecular weight excluding hydrogens is 248 g/mol. The lowest BCUT2D eigenvalue weighted by Gasteiger charge is -2.10. The van der Waals surface area contributed by atoms with Gasteiger partial charge in [0.15, 0.2) is 0 Å². The number of hydrogen-bond donors (Lipinski definition) is 1.